The first-order chi connectivity index (χ1) is 14.0. The van der Waals surface area contributed by atoms with Crippen molar-refractivity contribution in [3.63, 3.8) is 0 Å². The first kappa shape index (κ1) is 20.7. The number of aliphatic hydroxyl groups excluding tert-OH is 1. The number of nitrogens with zero attached hydrogens (tertiary/aromatic N) is 3. The fourth-order valence-electron chi connectivity index (χ4n) is 3.17. The van der Waals surface area contributed by atoms with Crippen LogP contribution >= 0.6 is 0 Å². The fourth-order valence-corrected chi connectivity index (χ4v) is 3.17. The number of anilines is 3. The highest BCUT2D eigenvalue weighted by Gasteiger charge is 2.16. The Morgan fingerprint density at radius 3 is 2.48 bits per heavy atom. The van der Waals surface area contributed by atoms with Gasteiger partial charge in [-0.1, -0.05) is 39.0 Å². The van der Waals surface area contributed by atoms with E-state index in [9.17, 15) is 5.11 Å². The van der Waals surface area contributed by atoms with Gasteiger partial charge in [-0.2, -0.15) is 4.98 Å². The second-order valence-electron chi connectivity index (χ2n) is 7.46. The number of para-hydroxylation sites is 1. The minimum Gasteiger partial charge on any atom is -0.394 e. The van der Waals surface area contributed by atoms with Crippen molar-refractivity contribution >= 4 is 17.5 Å². The largest absolute Gasteiger partial charge is 0.394 e. The van der Waals surface area contributed by atoms with Gasteiger partial charge in [0.25, 0.3) is 0 Å². The average molecular weight is 392 g/mol. The van der Waals surface area contributed by atoms with Crippen molar-refractivity contribution < 1.29 is 5.11 Å². The molecule has 152 valence electrons. The molecule has 0 amide bonds. The van der Waals surface area contributed by atoms with Crippen LogP contribution in [0.25, 0.3) is 11.3 Å². The van der Waals surface area contributed by atoms with Crippen molar-refractivity contribution in [2.45, 2.75) is 40.2 Å². The van der Waals surface area contributed by atoms with Crippen molar-refractivity contribution in [3.8, 4) is 11.3 Å². The molecule has 3 N–H and O–H groups in total. The lowest BCUT2D eigenvalue weighted by Crippen LogP contribution is -2.30. The smallest absolute Gasteiger partial charge is 0.225 e. The summed E-state index contributed by atoms with van der Waals surface area (Å²) in [7, 11) is 0. The van der Waals surface area contributed by atoms with Gasteiger partial charge in [-0.3, -0.25) is 4.98 Å². The van der Waals surface area contributed by atoms with Gasteiger partial charge < -0.3 is 15.7 Å². The highest BCUT2D eigenvalue weighted by atomic mass is 16.3. The van der Waals surface area contributed by atoms with Crippen LogP contribution in [0, 0.1) is 12.8 Å². The van der Waals surface area contributed by atoms with Crippen molar-refractivity contribution in [3.05, 3.63) is 59.9 Å². The molecule has 2 heterocycles. The quantitative estimate of drug-likeness (QED) is 0.521. The summed E-state index contributed by atoms with van der Waals surface area (Å²) in [5.41, 5.74) is 5.22. The minimum atomic E-state index is -0.125. The predicted octanol–water partition coefficient (Wildman–Crippen LogP) is 4.58. The number of benzene rings is 1. The molecular formula is C23H29N5O. The summed E-state index contributed by atoms with van der Waals surface area (Å²) in [6, 6.07) is 11.9. The third kappa shape index (κ3) is 5.09. The number of aryl methyl sites for hydroxylation is 2. The topological polar surface area (TPSA) is 83.0 Å². The summed E-state index contributed by atoms with van der Waals surface area (Å²) in [5, 5.41) is 16.5. The van der Waals surface area contributed by atoms with Gasteiger partial charge in [0.15, 0.2) is 0 Å². The second kappa shape index (κ2) is 9.47. The van der Waals surface area contributed by atoms with Crippen LogP contribution in [0.3, 0.4) is 0 Å². The molecule has 0 aliphatic carbocycles. The molecule has 0 bridgehead atoms. The van der Waals surface area contributed by atoms with E-state index in [4.69, 9.17) is 0 Å². The van der Waals surface area contributed by atoms with Crippen LogP contribution in [0.1, 0.15) is 31.9 Å². The first-order valence-corrected chi connectivity index (χ1v) is 10.0. The van der Waals surface area contributed by atoms with E-state index in [0.717, 1.165) is 23.4 Å². The Kier molecular flexibility index (Phi) is 6.77. The molecular weight excluding hydrogens is 362 g/mol. The van der Waals surface area contributed by atoms with Gasteiger partial charge in [0.2, 0.25) is 5.95 Å². The fraction of sp³-hybridized carbons (Fsp3) is 0.348. The van der Waals surface area contributed by atoms with E-state index in [1.54, 1.807) is 12.4 Å². The van der Waals surface area contributed by atoms with Gasteiger partial charge >= 0.3 is 0 Å². The summed E-state index contributed by atoms with van der Waals surface area (Å²) in [6.45, 7) is 8.36. The van der Waals surface area contributed by atoms with Crippen LogP contribution < -0.4 is 10.6 Å². The van der Waals surface area contributed by atoms with E-state index in [2.05, 4.69) is 71.5 Å². The van der Waals surface area contributed by atoms with Gasteiger partial charge in [0, 0.05) is 29.7 Å². The molecule has 3 aromatic rings. The number of aliphatic hydroxyl groups is 1. The second-order valence-corrected chi connectivity index (χ2v) is 7.46. The molecule has 0 radical (unpaired) electrons. The Balaban J connectivity index is 2.03. The predicted molar refractivity (Wildman–Crippen MR) is 118 cm³/mol. The molecule has 0 aliphatic heterocycles. The van der Waals surface area contributed by atoms with E-state index in [0.29, 0.717) is 11.8 Å². The Hall–Kier alpha value is -2.99. The number of nitrogens with one attached hydrogen (secondary N) is 2. The normalized spacial score (nSPS) is 12.1. The first-order valence-electron chi connectivity index (χ1n) is 10.0. The summed E-state index contributed by atoms with van der Waals surface area (Å²) in [6.07, 6.45) is 4.43. The summed E-state index contributed by atoms with van der Waals surface area (Å²) >= 11 is 0. The van der Waals surface area contributed by atoms with Crippen LogP contribution in [-0.4, -0.2) is 32.7 Å². The van der Waals surface area contributed by atoms with Gasteiger partial charge in [-0.25, -0.2) is 4.98 Å². The molecule has 29 heavy (non-hydrogen) atoms. The third-order valence-corrected chi connectivity index (χ3v) is 5.01. The lowest BCUT2D eigenvalue weighted by atomic mass is 10.1. The Morgan fingerprint density at radius 2 is 1.83 bits per heavy atom. The van der Waals surface area contributed by atoms with Crippen molar-refractivity contribution in [2.24, 2.45) is 5.92 Å². The zero-order valence-corrected chi connectivity index (χ0v) is 17.5. The molecule has 0 saturated heterocycles. The molecule has 0 fully saturated rings. The molecule has 0 spiro atoms. The SMILES string of the molecule is CCc1cccc(C)c1Nc1cc(-c2ccncc2)nc(N[C@@H](CO)C(C)C)n1. The minimum absolute atomic E-state index is 0.0149. The van der Waals surface area contributed by atoms with Crippen LogP contribution in [0.4, 0.5) is 17.5 Å². The molecule has 0 unspecified atom stereocenters. The maximum Gasteiger partial charge on any atom is 0.225 e. The van der Waals surface area contributed by atoms with E-state index in [1.807, 2.05) is 18.2 Å². The summed E-state index contributed by atoms with van der Waals surface area (Å²) in [5.74, 6) is 1.44. The zero-order chi connectivity index (χ0) is 20.8. The summed E-state index contributed by atoms with van der Waals surface area (Å²) in [4.78, 5) is 13.5. The number of aromatic nitrogens is 3. The molecule has 3 rings (SSSR count). The van der Waals surface area contributed by atoms with E-state index in [1.165, 1.54) is 11.1 Å². The van der Waals surface area contributed by atoms with Crippen molar-refractivity contribution in [1.82, 2.24) is 15.0 Å². The van der Waals surface area contributed by atoms with Gasteiger partial charge in [-0.05, 0) is 42.5 Å². The van der Waals surface area contributed by atoms with E-state index in [-0.39, 0.29) is 18.6 Å². The summed E-state index contributed by atoms with van der Waals surface area (Å²) < 4.78 is 0. The molecule has 6 nitrogen and oxygen atoms in total. The number of pyridine rings is 1. The number of hydrogen-bond donors (Lipinski definition) is 3. The third-order valence-electron chi connectivity index (χ3n) is 5.01. The lowest BCUT2D eigenvalue weighted by molar-refractivity contribution is 0.248. The zero-order valence-electron chi connectivity index (χ0n) is 17.5. The van der Waals surface area contributed by atoms with E-state index >= 15 is 0 Å². The van der Waals surface area contributed by atoms with Crippen molar-refractivity contribution in [1.29, 1.82) is 0 Å². The molecule has 6 heteroatoms. The van der Waals surface area contributed by atoms with Crippen LogP contribution in [0.15, 0.2) is 48.8 Å². The maximum absolute atomic E-state index is 9.71. The lowest BCUT2D eigenvalue weighted by Gasteiger charge is -2.21. The molecule has 1 aromatic carbocycles. The van der Waals surface area contributed by atoms with Crippen LogP contribution in [-0.2, 0) is 6.42 Å². The van der Waals surface area contributed by atoms with Gasteiger partial charge in [0.05, 0.1) is 18.3 Å². The molecule has 0 aliphatic rings. The Labute approximate surface area is 172 Å². The monoisotopic (exact) mass is 391 g/mol. The number of rotatable bonds is 8. The maximum atomic E-state index is 9.71. The Morgan fingerprint density at radius 1 is 1.07 bits per heavy atom. The van der Waals surface area contributed by atoms with Gasteiger partial charge in [0.1, 0.15) is 5.82 Å². The molecule has 0 saturated carbocycles. The van der Waals surface area contributed by atoms with Crippen LogP contribution in [0.5, 0.6) is 0 Å². The molecule has 1 atom stereocenters. The highest BCUT2D eigenvalue weighted by molar-refractivity contribution is 5.70. The average Bonchev–Trinajstić information content (AvgIpc) is 2.73. The van der Waals surface area contributed by atoms with Gasteiger partial charge in [-0.15, -0.1) is 0 Å². The van der Waals surface area contributed by atoms with Crippen LogP contribution in [0.2, 0.25) is 0 Å². The van der Waals surface area contributed by atoms with Crippen molar-refractivity contribution in [2.75, 3.05) is 17.2 Å². The standard InChI is InChI=1S/C23H29N5O/c1-5-17-8-6-7-16(4)22(17)27-21-13-19(18-9-11-24-12-10-18)25-23(28-21)26-20(14-29)15(2)3/h6-13,15,20,29H,5,14H2,1-4H3,(H2,25,26,27,28)/t20-/m0/s1. The Bertz CT molecular complexity index is 943. The highest BCUT2D eigenvalue weighted by Crippen LogP contribution is 2.28. The van der Waals surface area contributed by atoms with E-state index < -0.39 is 0 Å². The number of hydrogen-bond acceptors (Lipinski definition) is 6. The molecule has 2 aromatic heterocycles.